The quantitative estimate of drug-likeness (QED) is 0.809. The molecule has 0 spiro atoms. The van der Waals surface area contributed by atoms with Crippen molar-refractivity contribution in [3.63, 3.8) is 0 Å². The third kappa shape index (κ3) is 3.73. The van der Waals surface area contributed by atoms with Crippen molar-refractivity contribution in [1.82, 2.24) is 10.2 Å². The van der Waals surface area contributed by atoms with Gasteiger partial charge in [0.2, 0.25) is 0 Å². The molecule has 1 aromatic rings. The highest BCUT2D eigenvalue weighted by atomic mass is 32.2. The van der Waals surface area contributed by atoms with E-state index in [0.29, 0.717) is 0 Å². The Balaban J connectivity index is 1.73. The van der Waals surface area contributed by atoms with Gasteiger partial charge >= 0.3 is 0 Å². The summed E-state index contributed by atoms with van der Waals surface area (Å²) in [7, 11) is 2.23. The maximum absolute atomic E-state index is 3.56. The summed E-state index contributed by atoms with van der Waals surface area (Å²) in [6, 6.07) is 9.57. The Morgan fingerprint density at radius 2 is 2.12 bits per heavy atom. The third-order valence-electron chi connectivity index (χ3n) is 3.54. The van der Waals surface area contributed by atoms with Gasteiger partial charge in [0, 0.05) is 24.0 Å². The molecule has 1 saturated heterocycles. The molecule has 1 fully saturated rings. The smallest absolute Gasteiger partial charge is 0.0218 e. The molecule has 1 heterocycles. The molecule has 1 atom stereocenters. The van der Waals surface area contributed by atoms with E-state index >= 15 is 0 Å². The van der Waals surface area contributed by atoms with Crippen LogP contribution in [0.4, 0.5) is 0 Å². The standard InChI is InChI=1S/C14H22N2S/c1-16-9-3-4-13(16)11-15-10-12-5-7-14(17-2)8-6-12/h5-8,13,15H,3-4,9-11H2,1-2H3. The van der Waals surface area contributed by atoms with Gasteiger partial charge in [-0.05, 0) is 50.4 Å². The first kappa shape index (κ1) is 12.9. The lowest BCUT2D eigenvalue weighted by Crippen LogP contribution is -2.35. The van der Waals surface area contributed by atoms with Gasteiger partial charge in [0.1, 0.15) is 0 Å². The van der Waals surface area contributed by atoms with Crippen molar-refractivity contribution >= 4 is 11.8 Å². The maximum Gasteiger partial charge on any atom is 0.0218 e. The first-order chi connectivity index (χ1) is 8.29. The fourth-order valence-corrected chi connectivity index (χ4v) is 2.77. The van der Waals surface area contributed by atoms with E-state index in [1.54, 1.807) is 11.8 Å². The van der Waals surface area contributed by atoms with Crippen molar-refractivity contribution in [3.8, 4) is 0 Å². The lowest BCUT2D eigenvalue weighted by Gasteiger charge is -2.19. The number of hydrogen-bond donors (Lipinski definition) is 1. The van der Waals surface area contributed by atoms with Crippen molar-refractivity contribution in [2.45, 2.75) is 30.3 Å². The number of likely N-dealkylation sites (tertiary alicyclic amines) is 1. The van der Waals surface area contributed by atoms with Crippen LogP contribution in [0.1, 0.15) is 18.4 Å². The predicted octanol–water partition coefficient (Wildman–Crippen LogP) is 2.59. The Morgan fingerprint density at radius 3 is 2.71 bits per heavy atom. The van der Waals surface area contributed by atoms with Gasteiger partial charge in [0.15, 0.2) is 0 Å². The van der Waals surface area contributed by atoms with E-state index in [1.165, 1.54) is 29.8 Å². The molecule has 94 valence electrons. The van der Waals surface area contributed by atoms with Crippen LogP contribution in [-0.4, -0.2) is 37.3 Å². The van der Waals surface area contributed by atoms with Gasteiger partial charge < -0.3 is 10.2 Å². The minimum Gasteiger partial charge on any atom is -0.311 e. The molecule has 0 aromatic heterocycles. The predicted molar refractivity (Wildman–Crippen MR) is 75.6 cm³/mol. The van der Waals surface area contributed by atoms with Crippen LogP contribution in [0.5, 0.6) is 0 Å². The molecule has 0 amide bonds. The zero-order valence-corrected chi connectivity index (χ0v) is 11.6. The van der Waals surface area contributed by atoms with Crippen LogP contribution in [0.3, 0.4) is 0 Å². The highest BCUT2D eigenvalue weighted by Crippen LogP contribution is 2.15. The molecule has 0 saturated carbocycles. The molecule has 0 radical (unpaired) electrons. The molecule has 1 unspecified atom stereocenters. The molecule has 2 nitrogen and oxygen atoms in total. The Morgan fingerprint density at radius 1 is 1.35 bits per heavy atom. The normalized spacial score (nSPS) is 20.9. The second-order valence-electron chi connectivity index (χ2n) is 4.76. The SMILES string of the molecule is CSc1ccc(CNCC2CCCN2C)cc1. The van der Waals surface area contributed by atoms with Crippen molar-refractivity contribution in [2.75, 3.05) is 26.4 Å². The average Bonchev–Trinajstić information content (AvgIpc) is 2.76. The first-order valence-corrected chi connectivity index (χ1v) is 7.56. The van der Waals surface area contributed by atoms with E-state index in [-0.39, 0.29) is 0 Å². The summed E-state index contributed by atoms with van der Waals surface area (Å²) in [6.45, 7) is 3.36. The Kier molecular flexibility index (Phi) is 4.89. The van der Waals surface area contributed by atoms with Crippen LogP contribution in [0.15, 0.2) is 29.2 Å². The topological polar surface area (TPSA) is 15.3 Å². The molecular weight excluding hydrogens is 228 g/mol. The second kappa shape index (κ2) is 6.43. The van der Waals surface area contributed by atoms with Gasteiger partial charge in [-0.2, -0.15) is 0 Å². The van der Waals surface area contributed by atoms with E-state index in [2.05, 4.69) is 47.8 Å². The van der Waals surface area contributed by atoms with Crippen molar-refractivity contribution in [1.29, 1.82) is 0 Å². The number of likely N-dealkylation sites (N-methyl/N-ethyl adjacent to an activating group) is 1. The third-order valence-corrected chi connectivity index (χ3v) is 4.28. The zero-order chi connectivity index (χ0) is 12.1. The Bertz CT molecular complexity index is 337. The number of benzene rings is 1. The number of nitrogens with zero attached hydrogens (tertiary/aromatic N) is 1. The fourth-order valence-electron chi connectivity index (χ4n) is 2.36. The van der Waals surface area contributed by atoms with Crippen LogP contribution < -0.4 is 5.32 Å². The molecule has 1 N–H and O–H groups in total. The summed E-state index contributed by atoms with van der Waals surface area (Å²) in [4.78, 5) is 3.80. The molecule has 0 bridgehead atoms. The van der Waals surface area contributed by atoms with Crippen molar-refractivity contribution < 1.29 is 0 Å². The van der Waals surface area contributed by atoms with Crippen molar-refractivity contribution in [2.24, 2.45) is 0 Å². The monoisotopic (exact) mass is 250 g/mol. The largest absolute Gasteiger partial charge is 0.311 e. The molecule has 0 aliphatic carbocycles. The highest BCUT2D eigenvalue weighted by Gasteiger charge is 2.19. The van der Waals surface area contributed by atoms with Crippen LogP contribution in [0.2, 0.25) is 0 Å². The highest BCUT2D eigenvalue weighted by molar-refractivity contribution is 7.98. The first-order valence-electron chi connectivity index (χ1n) is 6.33. The number of rotatable bonds is 5. The van der Waals surface area contributed by atoms with E-state index in [9.17, 15) is 0 Å². The molecule has 17 heavy (non-hydrogen) atoms. The molecular formula is C14H22N2S. The molecule has 1 aromatic carbocycles. The molecule has 3 heteroatoms. The number of thioether (sulfide) groups is 1. The van der Waals surface area contributed by atoms with Gasteiger partial charge in [-0.1, -0.05) is 12.1 Å². The lowest BCUT2D eigenvalue weighted by atomic mass is 10.2. The summed E-state index contributed by atoms with van der Waals surface area (Å²) in [5.41, 5.74) is 1.38. The summed E-state index contributed by atoms with van der Waals surface area (Å²) in [5.74, 6) is 0. The van der Waals surface area contributed by atoms with E-state index in [1.807, 2.05) is 0 Å². The minimum absolute atomic E-state index is 0.737. The second-order valence-corrected chi connectivity index (χ2v) is 5.64. The van der Waals surface area contributed by atoms with E-state index in [0.717, 1.165) is 19.1 Å². The zero-order valence-electron chi connectivity index (χ0n) is 10.8. The maximum atomic E-state index is 3.56. The average molecular weight is 250 g/mol. The Labute approximate surface area is 109 Å². The van der Waals surface area contributed by atoms with Crippen LogP contribution in [0.25, 0.3) is 0 Å². The molecule has 1 aliphatic heterocycles. The summed E-state index contributed by atoms with van der Waals surface area (Å²) in [5, 5.41) is 3.56. The van der Waals surface area contributed by atoms with E-state index < -0.39 is 0 Å². The van der Waals surface area contributed by atoms with E-state index in [4.69, 9.17) is 0 Å². The van der Waals surface area contributed by atoms with Crippen LogP contribution in [-0.2, 0) is 6.54 Å². The van der Waals surface area contributed by atoms with Gasteiger partial charge in [-0.25, -0.2) is 0 Å². The number of nitrogens with one attached hydrogen (secondary N) is 1. The molecule has 1 aliphatic rings. The van der Waals surface area contributed by atoms with Gasteiger partial charge in [-0.15, -0.1) is 11.8 Å². The summed E-state index contributed by atoms with van der Waals surface area (Å²) >= 11 is 1.79. The minimum atomic E-state index is 0.737. The van der Waals surface area contributed by atoms with Crippen LogP contribution in [0, 0.1) is 0 Å². The number of hydrogen-bond acceptors (Lipinski definition) is 3. The molecule has 2 rings (SSSR count). The summed E-state index contributed by atoms with van der Waals surface area (Å²) < 4.78 is 0. The fraction of sp³-hybridized carbons (Fsp3) is 0.571. The lowest BCUT2D eigenvalue weighted by molar-refractivity contribution is 0.300. The summed E-state index contributed by atoms with van der Waals surface area (Å²) in [6.07, 6.45) is 4.81. The van der Waals surface area contributed by atoms with Gasteiger partial charge in [0.05, 0.1) is 0 Å². The van der Waals surface area contributed by atoms with Gasteiger partial charge in [0.25, 0.3) is 0 Å². The van der Waals surface area contributed by atoms with Gasteiger partial charge in [-0.3, -0.25) is 0 Å². The van der Waals surface area contributed by atoms with Crippen LogP contribution >= 0.6 is 11.8 Å². The van der Waals surface area contributed by atoms with Crippen molar-refractivity contribution in [3.05, 3.63) is 29.8 Å². The Hall–Kier alpha value is -0.510.